The Labute approximate surface area is 175 Å². The average Bonchev–Trinajstić information content (AvgIpc) is 3.10. The second-order valence-corrected chi connectivity index (χ2v) is 9.46. The number of anilines is 2. The van der Waals surface area contributed by atoms with Gasteiger partial charge in [0.1, 0.15) is 0 Å². The molecule has 1 aliphatic rings. The lowest BCUT2D eigenvalue weighted by Gasteiger charge is -2.18. The second-order valence-electron chi connectivity index (χ2n) is 7.31. The van der Waals surface area contributed by atoms with E-state index in [1.807, 2.05) is 0 Å². The zero-order valence-corrected chi connectivity index (χ0v) is 17.8. The summed E-state index contributed by atoms with van der Waals surface area (Å²) >= 11 is 0. The first kappa shape index (κ1) is 21.7. The Balaban J connectivity index is 1.71. The van der Waals surface area contributed by atoms with Crippen LogP contribution in [0, 0.1) is 5.92 Å². The maximum atomic E-state index is 12.6. The van der Waals surface area contributed by atoms with Gasteiger partial charge in [-0.1, -0.05) is 12.1 Å². The molecule has 2 aromatic carbocycles. The number of rotatable bonds is 6. The van der Waals surface area contributed by atoms with Crippen molar-refractivity contribution >= 4 is 39.0 Å². The Morgan fingerprint density at radius 3 is 2.37 bits per heavy atom. The molecule has 0 radical (unpaired) electrons. The quantitative estimate of drug-likeness (QED) is 0.709. The number of hydrogen-bond donors (Lipinski definition) is 1. The molecule has 0 saturated carbocycles. The lowest BCUT2D eigenvalue weighted by atomic mass is 10.1. The molecule has 1 saturated heterocycles. The van der Waals surface area contributed by atoms with Crippen molar-refractivity contribution in [3.8, 4) is 0 Å². The molecule has 1 fully saturated rings. The van der Waals surface area contributed by atoms with E-state index in [-0.39, 0.29) is 35.5 Å². The molecular formula is C21H23N3O5S. The van der Waals surface area contributed by atoms with Crippen molar-refractivity contribution < 1.29 is 22.8 Å². The number of carbonyl (C=O) groups is 3. The molecule has 0 aromatic heterocycles. The summed E-state index contributed by atoms with van der Waals surface area (Å²) in [5.41, 5.74) is 1.52. The van der Waals surface area contributed by atoms with Crippen LogP contribution in [0.2, 0.25) is 0 Å². The predicted molar refractivity (Wildman–Crippen MR) is 113 cm³/mol. The third kappa shape index (κ3) is 4.42. The van der Waals surface area contributed by atoms with Crippen LogP contribution < -0.4 is 10.2 Å². The topological polar surface area (TPSA) is 104 Å². The molecule has 1 heterocycles. The van der Waals surface area contributed by atoms with Gasteiger partial charge in [0.05, 0.1) is 10.8 Å². The van der Waals surface area contributed by atoms with Crippen molar-refractivity contribution in [2.45, 2.75) is 18.2 Å². The number of hydrogen-bond acceptors (Lipinski definition) is 5. The Kier molecular flexibility index (Phi) is 6.04. The number of carbonyl (C=O) groups excluding carboxylic acids is 3. The number of amides is 2. The lowest BCUT2D eigenvalue weighted by molar-refractivity contribution is -0.122. The summed E-state index contributed by atoms with van der Waals surface area (Å²) in [4.78, 5) is 38.2. The lowest BCUT2D eigenvalue weighted by Crippen LogP contribution is -2.28. The van der Waals surface area contributed by atoms with Crippen molar-refractivity contribution in [3.05, 3.63) is 54.1 Å². The third-order valence-corrected chi connectivity index (χ3v) is 6.79. The van der Waals surface area contributed by atoms with Crippen LogP contribution in [0.3, 0.4) is 0 Å². The molecule has 0 spiro atoms. The second kappa shape index (κ2) is 8.37. The van der Waals surface area contributed by atoms with E-state index in [4.69, 9.17) is 0 Å². The van der Waals surface area contributed by atoms with Gasteiger partial charge in [0.25, 0.3) is 0 Å². The van der Waals surface area contributed by atoms with Crippen molar-refractivity contribution in [1.29, 1.82) is 0 Å². The minimum absolute atomic E-state index is 0.0516. The highest BCUT2D eigenvalue weighted by atomic mass is 32.2. The van der Waals surface area contributed by atoms with Crippen molar-refractivity contribution in [2.75, 3.05) is 30.9 Å². The Hall–Kier alpha value is -3.04. The standard InChI is InChI=1S/C21H23N3O5S/c1-14(25)15-5-4-6-17(11-15)22-21(27)16-12-20(26)24(13-16)18-7-9-19(10-8-18)30(28,29)23(2)3/h4-11,16H,12-13H2,1-3H3,(H,22,27)/t16-/m0/s1. The highest BCUT2D eigenvalue weighted by Crippen LogP contribution is 2.27. The zero-order chi connectivity index (χ0) is 22.1. The summed E-state index contributed by atoms with van der Waals surface area (Å²) in [6.45, 7) is 1.64. The van der Waals surface area contributed by atoms with E-state index in [9.17, 15) is 22.8 Å². The third-order valence-electron chi connectivity index (χ3n) is 4.96. The first-order valence-corrected chi connectivity index (χ1v) is 10.8. The van der Waals surface area contributed by atoms with Gasteiger partial charge in [-0.3, -0.25) is 14.4 Å². The van der Waals surface area contributed by atoms with E-state index in [2.05, 4.69) is 5.32 Å². The van der Waals surface area contributed by atoms with Gasteiger partial charge in [-0.15, -0.1) is 0 Å². The molecular weight excluding hydrogens is 406 g/mol. The summed E-state index contributed by atoms with van der Waals surface area (Å²) in [6, 6.07) is 12.6. The minimum atomic E-state index is -3.56. The molecule has 0 aliphatic carbocycles. The van der Waals surface area contributed by atoms with E-state index in [0.29, 0.717) is 16.9 Å². The van der Waals surface area contributed by atoms with Crippen LogP contribution in [-0.4, -0.2) is 51.0 Å². The maximum absolute atomic E-state index is 12.6. The maximum Gasteiger partial charge on any atom is 0.242 e. The van der Waals surface area contributed by atoms with Crippen molar-refractivity contribution in [2.24, 2.45) is 5.92 Å². The zero-order valence-electron chi connectivity index (χ0n) is 17.0. The predicted octanol–water partition coefficient (Wildman–Crippen LogP) is 2.13. The summed E-state index contributed by atoms with van der Waals surface area (Å²) < 4.78 is 25.5. The van der Waals surface area contributed by atoms with E-state index < -0.39 is 15.9 Å². The van der Waals surface area contributed by atoms with Gasteiger partial charge in [0.2, 0.25) is 21.8 Å². The van der Waals surface area contributed by atoms with Crippen LogP contribution in [0.15, 0.2) is 53.4 Å². The van der Waals surface area contributed by atoms with Crippen LogP contribution >= 0.6 is 0 Å². The molecule has 2 aromatic rings. The first-order valence-electron chi connectivity index (χ1n) is 9.34. The molecule has 9 heteroatoms. The fraction of sp³-hybridized carbons (Fsp3) is 0.286. The molecule has 1 aliphatic heterocycles. The number of benzene rings is 2. The van der Waals surface area contributed by atoms with E-state index in [1.54, 1.807) is 36.4 Å². The molecule has 158 valence electrons. The van der Waals surface area contributed by atoms with Gasteiger partial charge in [-0.05, 0) is 43.3 Å². The van der Waals surface area contributed by atoms with E-state index in [1.165, 1.54) is 38.1 Å². The molecule has 0 bridgehead atoms. The average molecular weight is 429 g/mol. The van der Waals surface area contributed by atoms with E-state index in [0.717, 1.165) is 4.31 Å². The van der Waals surface area contributed by atoms with Crippen molar-refractivity contribution in [3.63, 3.8) is 0 Å². The van der Waals surface area contributed by atoms with Crippen LogP contribution in [-0.2, 0) is 19.6 Å². The van der Waals surface area contributed by atoms with E-state index >= 15 is 0 Å². The minimum Gasteiger partial charge on any atom is -0.326 e. The number of sulfonamides is 1. The monoisotopic (exact) mass is 429 g/mol. The Morgan fingerprint density at radius 1 is 1.10 bits per heavy atom. The fourth-order valence-corrected chi connectivity index (χ4v) is 4.10. The van der Waals surface area contributed by atoms with Gasteiger partial charge in [0, 0.05) is 44.0 Å². The van der Waals surface area contributed by atoms with Gasteiger partial charge in [0.15, 0.2) is 5.78 Å². The summed E-state index contributed by atoms with van der Waals surface area (Å²) in [5.74, 6) is -1.18. The van der Waals surface area contributed by atoms with Crippen LogP contribution in [0.25, 0.3) is 0 Å². The highest BCUT2D eigenvalue weighted by molar-refractivity contribution is 7.89. The number of Topliss-reactive ketones (excluding diaryl/α,β-unsaturated/α-hetero) is 1. The summed E-state index contributed by atoms with van der Waals surface area (Å²) in [7, 11) is -0.663. The summed E-state index contributed by atoms with van der Waals surface area (Å²) in [6.07, 6.45) is 0.0516. The smallest absolute Gasteiger partial charge is 0.242 e. The molecule has 1 N–H and O–H groups in total. The normalized spacial score (nSPS) is 16.7. The highest BCUT2D eigenvalue weighted by Gasteiger charge is 2.35. The van der Waals surface area contributed by atoms with Gasteiger partial charge in [-0.2, -0.15) is 0 Å². The Morgan fingerprint density at radius 2 is 1.77 bits per heavy atom. The largest absolute Gasteiger partial charge is 0.326 e. The van der Waals surface area contributed by atoms with Gasteiger partial charge >= 0.3 is 0 Å². The molecule has 3 rings (SSSR count). The molecule has 1 atom stereocenters. The SMILES string of the molecule is CC(=O)c1cccc(NC(=O)[C@H]2CC(=O)N(c3ccc(S(=O)(=O)N(C)C)cc3)C2)c1. The van der Waals surface area contributed by atoms with Crippen LogP contribution in [0.5, 0.6) is 0 Å². The van der Waals surface area contributed by atoms with Gasteiger partial charge < -0.3 is 10.2 Å². The number of nitrogens with one attached hydrogen (secondary N) is 1. The molecule has 30 heavy (non-hydrogen) atoms. The van der Waals surface area contributed by atoms with Crippen molar-refractivity contribution in [1.82, 2.24) is 4.31 Å². The van der Waals surface area contributed by atoms with Crippen LogP contribution in [0.1, 0.15) is 23.7 Å². The molecule has 8 nitrogen and oxygen atoms in total. The first-order chi connectivity index (χ1) is 14.1. The summed E-state index contributed by atoms with van der Waals surface area (Å²) in [5, 5.41) is 2.76. The molecule has 2 amide bonds. The number of nitrogens with zero attached hydrogens (tertiary/aromatic N) is 2. The van der Waals surface area contributed by atoms with Crippen LogP contribution in [0.4, 0.5) is 11.4 Å². The fourth-order valence-electron chi connectivity index (χ4n) is 3.20. The molecule has 0 unspecified atom stereocenters. The Bertz CT molecular complexity index is 1090. The van der Waals surface area contributed by atoms with Gasteiger partial charge in [-0.25, -0.2) is 12.7 Å². The number of ketones is 1.